The minimum Gasteiger partial charge on any atom is -0.368 e. The van der Waals surface area contributed by atoms with E-state index in [9.17, 15) is 0 Å². The molecule has 1 aliphatic rings. The lowest BCUT2D eigenvalue weighted by atomic mass is 10.2. The Kier molecular flexibility index (Phi) is 5.67. The molecule has 4 nitrogen and oxygen atoms in total. The predicted molar refractivity (Wildman–Crippen MR) is 110 cm³/mol. The number of rotatable bonds is 2. The predicted octanol–water partition coefficient (Wildman–Crippen LogP) is 4.52. The number of hydrogen-bond acceptors (Lipinski definition) is 3. The molecule has 3 rings (SSSR count). The molecule has 1 fully saturated rings. The minimum absolute atomic E-state index is 0.656. The first kappa shape index (κ1) is 18.2. The molecule has 0 atom stereocenters. The second-order valence-corrected chi connectivity index (χ2v) is 7.46. The summed E-state index contributed by atoms with van der Waals surface area (Å²) in [6.45, 7) is 7.42. The van der Waals surface area contributed by atoms with Crippen molar-refractivity contribution in [1.82, 2.24) is 9.88 Å². The first-order valence-corrected chi connectivity index (χ1v) is 9.29. The first-order chi connectivity index (χ1) is 11.9. The fraction of sp³-hybridized carbons (Fsp3) is 0.333. The number of thiocarbonyl (C=S) groups is 1. The number of piperazine rings is 1. The third-order valence-corrected chi connectivity index (χ3v) is 4.91. The summed E-state index contributed by atoms with van der Waals surface area (Å²) in [5.74, 6) is 0.798. The molecule has 1 saturated heterocycles. The van der Waals surface area contributed by atoms with Crippen LogP contribution in [-0.2, 0) is 0 Å². The maximum absolute atomic E-state index is 6.10. The number of nitrogens with one attached hydrogen (secondary N) is 1. The van der Waals surface area contributed by atoms with Crippen molar-refractivity contribution >= 4 is 52.0 Å². The van der Waals surface area contributed by atoms with Gasteiger partial charge in [-0.3, -0.25) is 0 Å². The van der Waals surface area contributed by atoms with Crippen LogP contribution in [0.15, 0.2) is 30.3 Å². The van der Waals surface area contributed by atoms with Gasteiger partial charge in [-0.05, 0) is 62.0 Å². The van der Waals surface area contributed by atoms with Crippen molar-refractivity contribution in [2.24, 2.45) is 0 Å². The molecular formula is C18H20Cl2N4S. The summed E-state index contributed by atoms with van der Waals surface area (Å²) in [6.07, 6.45) is 0. The van der Waals surface area contributed by atoms with Gasteiger partial charge < -0.3 is 15.1 Å². The molecule has 0 unspecified atom stereocenters. The maximum Gasteiger partial charge on any atom is 0.174 e. The van der Waals surface area contributed by atoms with Gasteiger partial charge in [-0.15, -0.1) is 0 Å². The standard InChI is InChI=1S/C18H20Cl2N4S/c1-12-7-13(2)21-17(8-12)22-18(25)24-5-3-23(4-6-24)16-10-14(19)9-15(20)11-16/h7-11H,3-6H2,1-2H3,(H,21,22,25). The van der Waals surface area contributed by atoms with Crippen LogP contribution in [0.1, 0.15) is 11.3 Å². The average molecular weight is 395 g/mol. The molecule has 2 aromatic rings. The minimum atomic E-state index is 0.656. The maximum atomic E-state index is 6.10. The Morgan fingerprint density at radius 3 is 2.24 bits per heavy atom. The van der Waals surface area contributed by atoms with Crippen LogP contribution < -0.4 is 10.2 Å². The highest BCUT2D eigenvalue weighted by atomic mass is 35.5. The summed E-state index contributed by atoms with van der Waals surface area (Å²) in [5, 5.41) is 5.27. The van der Waals surface area contributed by atoms with Crippen LogP contribution >= 0.6 is 35.4 Å². The lowest BCUT2D eigenvalue weighted by Gasteiger charge is -2.37. The van der Waals surface area contributed by atoms with E-state index in [2.05, 4.69) is 27.0 Å². The molecule has 1 aliphatic heterocycles. The molecule has 1 aromatic carbocycles. The van der Waals surface area contributed by atoms with Crippen LogP contribution in [0.5, 0.6) is 0 Å². The number of aryl methyl sites for hydroxylation is 2. The number of nitrogens with zero attached hydrogens (tertiary/aromatic N) is 3. The molecule has 1 N–H and O–H groups in total. The summed E-state index contributed by atoms with van der Waals surface area (Å²) in [4.78, 5) is 8.92. The van der Waals surface area contributed by atoms with Crippen LogP contribution in [0.25, 0.3) is 0 Å². The van der Waals surface area contributed by atoms with Gasteiger partial charge in [-0.1, -0.05) is 23.2 Å². The van der Waals surface area contributed by atoms with Gasteiger partial charge in [0, 0.05) is 47.6 Å². The van der Waals surface area contributed by atoms with Gasteiger partial charge in [0.25, 0.3) is 0 Å². The van der Waals surface area contributed by atoms with Crippen molar-refractivity contribution in [2.45, 2.75) is 13.8 Å². The Bertz CT molecular complexity index is 748. The lowest BCUT2D eigenvalue weighted by molar-refractivity contribution is 0.391. The van der Waals surface area contributed by atoms with Crippen molar-refractivity contribution in [1.29, 1.82) is 0 Å². The SMILES string of the molecule is Cc1cc(C)nc(NC(=S)N2CCN(c3cc(Cl)cc(Cl)c3)CC2)c1. The van der Waals surface area contributed by atoms with E-state index in [4.69, 9.17) is 35.4 Å². The quantitative estimate of drug-likeness (QED) is 0.756. The molecule has 0 bridgehead atoms. The van der Waals surface area contributed by atoms with Crippen molar-refractivity contribution in [3.63, 3.8) is 0 Å². The highest BCUT2D eigenvalue weighted by molar-refractivity contribution is 7.80. The zero-order chi connectivity index (χ0) is 18.0. The van der Waals surface area contributed by atoms with Gasteiger partial charge in [0.1, 0.15) is 5.82 Å². The van der Waals surface area contributed by atoms with Crippen LogP contribution in [-0.4, -0.2) is 41.2 Å². The number of benzene rings is 1. The monoisotopic (exact) mass is 394 g/mol. The Morgan fingerprint density at radius 1 is 1.00 bits per heavy atom. The zero-order valence-electron chi connectivity index (χ0n) is 14.2. The Labute approximate surface area is 163 Å². The smallest absolute Gasteiger partial charge is 0.174 e. The number of hydrogen-bond donors (Lipinski definition) is 1. The summed E-state index contributed by atoms with van der Waals surface area (Å²) in [6, 6.07) is 9.68. The number of pyridine rings is 1. The topological polar surface area (TPSA) is 31.4 Å². The van der Waals surface area contributed by atoms with Crippen LogP contribution in [0, 0.1) is 13.8 Å². The van der Waals surface area contributed by atoms with E-state index in [-0.39, 0.29) is 0 Å². The molecule has 25 heavy (non-hydrogen) atoms. The lowest BCUT2D eigenvalue weighted by Crippen LogP contribution is -2.50. The van der Waals surface area contributed by atoms with Crippen molar-refractivity contribution in [3.8, 4) is 0 Å². The summed E-state index contributed by atoms with van der Waals surface area (Å²) < 4.78 is 0. The molecular weight excluding hydrogens is 375 g/mol. The average Bonchev–Trinajstić information content (AvgIpc) is 2.53. The molecule has 0 saturated carbocycles. The first-order valence-electron chi connectivity index (χ1n) is 8.13. The number of halogens is 2. The highest BCUT2D eigenvalue weighted by Gasteiger charge is 2.20. The van der Waals surface area contributed by atoms with Crippen LogP contribution in [0.4, 0.5) is 11.5 Å². The van der Waals surface area contributed by atoms with E-state index >= 15 is 0 Å². The van der Waals surface area contributed by atoms with Gasteiger partial charge >= 0.3 is 0 Å². The van der Waals surface area contributed by atoms with E-state index in [0.717, 1.165) is 43.4 Å². The number of aromatic nitrogens is 1. The van der Waals surface area contributed by atoms with E-state index in [0.29, 0.717) is 15.2 Å². The van der Waals surface area contributed by atoms with Crippen molar-refractivity contribution in [3.05, 3.63) is 51.6 Å². The van der Waals surface area contributed by atoms with Gasteiger partial charge in [0.2, 0.25) is 0 Å². The molecule has 0 amide bonds. The molecule has 132 valence electrons. The van der Waals surface area contributed by atoms with Crippen LogP contribution in [0.2, 0.25) is 10.0 Å². The van der Waals surface area contributed by atoms with E-state index < -0.39 is 0 Å². The molecule has 0 aliphatic carbocycles. The summed E-state index contributed by atoms with van der Waals surface area (Å²) in [7, 11) is 0. The van der Waals surface area contributed by atoms with E-state index in [1.165, 1.54) is 5.56 Å². The van der Waals surface area contributed by atoms with E-state index in [1.54, 1.807) is 6.07 Å². The molecule has 1 aromatic heterocycles. The molecule has 2 heterocycles. The largest absolute Gasteiger partial charge is 0.368 e. The second-order valence-electron chi connectivity index (χ2n) is 6.20. The van der Waals surface area contributed by atoms with E-state index in [1.807, 2.05) is 31.2 Å². The fourth-order valence-corrected chi connectivity index (χ4v) is 3.79. The second kappa shape index (κ2) is 7.77. The normalized spacial score (nSPS) is 14.6. The summed E-state index contributed by atoms with van der Waals surface area (Å²) in [5.41, 5.74) is 3.19. The molecule has 0 spiro atoms. The highest BCUT2D eigenvalue weighted by Crippen LogP contribution is 2.26. The molecule has 7 heteroatoms. The van der Waals surface area contributed by atoms with Gasteiger partial charge in [0.15, 0.2) is 5.11 Å². The zero-order valence-corrected chi connectivity index (χ0v) is 16.5. The van der Waals surface area contributed by atoms with Crippen molar-refractivity contribution < 1.29 is 0 Å². The van der Waals surface area contributed by atoms with Crippen LogP contribution in [0.3, 0.4) is 0 Å². The van der Waals surface area contributed by atoms with Gasteiger partial charge in [0.05, 0.1) is 0 Å². The Balaban J connectivity index is 1.60. The third-order valence-electron chi connectivity index (χ3n) is 4.11. The fourth-order valence-electron chi connectivity index (χ4n) is 2.98. The number of anilines is 2. The molecule has 0 radical (unpaired) electrons. The Morgan fingerprint density at radius 2 is 1.64 bits per heavy atom. The van der Waals surface area contributed by atoms with Gasteiger partial charge in [-0.2, -0.15) is 0 Å². The third kappa shape index (κ3) is 4.75. The van der Waals surface area contributed by atoms with Crippen molar-refractivity contribution in [2.75, 3.05) is 36.4 Å². The Hall–Kier alpha value is -1.56. The summed E-state index contributed by atoms with van der Waals surface area (Å²) >= 11 is 17.8. The van der Waals surface area contributed by atoms with Gasteiger partial charge in [-0.25, -0.2) is 4.98 Å².